The van der Waals surface area contributed by atoms with Gasteiger partial charge in [-0.2, -0.15) is 5.10 Å². The minimum Gasteiger partial charge on any atom is -0.381 e. The third-order valence-corrected chi connectivity index (χ3v) is 3.46. The standard InChI is InChI=1S/C8H13N5S/c1-14(2,3)6-4-10-8-7(9)11-5-12-13(6)8/h4-5H,1-3H3,(H2,9,11,12). The molecule has 0 saturated carbocycles. The van der Waals surface area contributed by atoms with Crippen LogP contribution in [0.1, 0.15) is 0 Å². The van der Waals surface area contributed by atoms with Gasteiger partial charge in [0.05, 0.1) is 6.20 Å². The number of imidazole rings is 1. The fourth-order valence-corrected chi connectivity index (χ4v) is 2.25. The van der Waals surface area contributed by atoms with E-state index in [1.807, 2.05) is 6.20 Å². The molecule has 0 amide bonds. The van der Waals surface area contributed by atoms with Crippen molar-refractivity contribution in [2.75, 3.05) is 24.5 Å². The van der Waals surface area contributed by atoms with Gasteiger partial charge in [-0.15, -0.1) is 0 Å². The summed E-state index contributed by atoms with van der Waals surface area (Å²) >= 11 is 0. The Labute approximate surface area is 83.7 Å². The molecule has 0 saturated heterocycles. The van der Waals surface area contributed by atoms with E-state index in [1.165, 1.54) is 6.33 Å². The van der Waals surface area contributed by atoms with Crippen LogP contribution in [0.25, 0.3) is 5.65 Å². The summed E-state index contributed by atoms with van der Waals surface area (Å²) in [5.41, 5.74) is 6.33. The van der Waals surface area contributed by atoms with Crippen molar-refractivity contribution in [3.63, 3.8) is 0 Å². The van der Waals surface area contributed by atoms with Gasteiger partial charge in [0.15, 0.2) is 11.5 Å². The van der Waals surface area contributed by atoms with Crippen molar-refractivity contribution in [1.82, 2.24) is 19.6 Å². The van der Waals surface area contributed by atoms with Gasteiger partial charge < -0.3 is 5.73 Å². The van der Waals surface area contributed by atoms with Crippen molar-refractivity contribution >= 4 is 21.5 Å². The predicted molar refractivity (Wildman–Crippen MR) is 58.8 cm³/mol. The highest BCUT2D eigenvalue weighted by atomic mass is 32.3. The number of fused-ring (bicyclic) bond motifs is 1. The zero-order valence-electron chi connectivity index (χ0n) is 8.43. The maximum absolute atomic E-state index is 5.69. The van der Waals surface area contributed by atoms with Crippen LogP contribution in [0.3, 0.4) is 0 Å². The number of nitrogen functional groups attached to an aromatic ring is 1. The molecule has 0 spiro atoms. The first kappa shape index (κ1) is 9.26. The van der Waals surface area contributed by atoms with E-state index in [0.717, 1.165) is 5.03 Å². The fourth-order valence-electron chi connectivity index (χ4n) is 1.23. The van der Waals surface area contributed by atoms with Gasteiger partial charge in [-0.05, 0) is 18.8 Å². The van der Waals surface area contributed by atoms with Crippen LogP contribution >= 0.6 is 10.0 Å². The second-order valence-corrected chi connectivity index (χ2v) is 7.91. The normalized spacial score (nSPS) is 13.4. The van der Waals surface area contributed by atoms with Crippen LogP contribution in [0, 0.1) is 0 Å². The molecule has 0 radical (unpaired) electrons. The Morgan fingerprint density at radius 3 is 2.64 bits per heavy atom. The Hall–Kier alpha value is -1.30. The number of hydrogen-bond acceptors (Lipinski definition) is 4. The number of hydrogen-bond donors (Lipinski definition) is 1. The molecular weight excluding hydrogens is 198 g/mol. The molecule has 14 heavy (non-hydrogen) atoms. The van der Waals surface area contributed by atoms with Gasteiger partial charge >= 0.3 is 0 Å². The quantitative estimate of drug-likeness (QED) is 0.756. The van der Waals surface area contributed by atoms with E-state index in [1.54, 1.807) is 4.52 Å². The zero-order valence-corrected chi connectivity index (χ0v) is 9.25. The van der Waals surface area contributed by atoms with Crippen LogP contribution < -0.4 is 5.73 Å². The lowest BCUT2D eigenvalue weighted by molar-refractivity contribution is 0.830. The predicted octanol–water partition coefficient (Wildman–Crippen LogP) is 0.759. The van der Waals surface area contributed by atoms with E-state index in [-0.39, 0.29) is 0 Å². The first-order valence-electron chi connectivity index (χ1n) is 4.13. The highest BCUT2D eigenvalue weighted by Gasteiger charge is 2.15. The summed E-state index contributed by atoms with van der Waals surface area (Å²) in [4.78, 5) is 8.11. The van der Waals surface area contributed by atoms with Crippen LogP contribution in [0.2, 0.25) is 0 Å². The molecule has 0 aliphatic carbocycles. The summed E-state index contributed by atoms with van der Waals surface area (Å²) in [5.74, 6) is 0.426. The van der Waals surface area contributed by atoms with Gasteiger partial charge in [-0.3, -0.25) is 0 Å². The van der Waals surface area contributed by atoms with E-state index in [2.05, 4.69) is 33.8 Å². The third-order valence-electron chi connectivity index (χ3n) is 1.93. The lowest BCUT2D eigenvalue weighted by Crippen LogP contribution is -2.04. The molecular formula is C8H13N5S. The third kappa shape index (κ3) is 1.31. The lowest BCUT2D eigenvalue weighted by atomic mass is 10.7. The Kier molecular flexibility index (Phi) is 1.88. The number of nitrogens with two attached hydrogens (primary N) is 1. The maximum atomic E-state index is 5.69. The summed E-state index contributed by atoms with van der Waals surface area (Å²) in [7, 11) is -0.848. The second kappa shape index (κ2) is 2.84. The van der Waals surface area contributed by atoms with E-state index in [4.69, 9.17) is 5.73 Å². The Bertz CT molecular complexity index is 470. The molecule has 2 N–H and O–H groups in total. The molecule has 6 heteroatoms. The molecule has 0 aliphatic rings. The largest absolute Gasteiger partial charge is 0.381 e. The van der Waals surface area contributed by atoms with Crippen molar-refractivity contribution in [3.8, 4) is 0 Å². The van der Waals surface area contributed by atoms with Crippen molar-refractivity contribution in [2.45, 2.75) is 5.03 Å². The van der Waals surface area contributed by atoms with Gasteiger partial charge in [0.25, 0.3) is 0 Å². The number of nitrogens with zero attached hydrogens (tertiary/aromatic N) is 4. The van der Waals surface area contributed by atoms with Crippen LogP contribution in [0.4, 0.5) is 5.82 Å². The summed E-state index contributed by atoms with van der Waals surface area (Å²) < 4.78 is 1.78. The highest BCUT2D eigenvalue weighted by molar-refractivity contribution is 8.32. The minimum atomic E-state index is -0.848. The Balaban J connectivity index is 2.76. The van der Waals surface area contributed by atoms with Gasteiger partial charge in [0.2, 0.25) is 0 Å². The van der Waals surface area contributed by atoms with Crippen LogP contribution in [0.15, 0.2) is 17.6 Å². The van der Waals surface area contributed by atoms with Gasteiger partial charge in [-0.1, -0.05) is 0 Å². The average molecular weight is 211 g/mol. The molecule has 76 valence electrons. The molecule has 0 fully saturated rings. The molecule has 2 aromatic rings. The van der Waals surface area contributed by atoms with E-state index < -0.39 is 10.0 Å². The summed E-state index contributed by atoms with van der Waals surface area (Å²) in [6.07, 6.45) is 9.85. The number of anilines is 1. The smallest absolute Gasteiger partial charge is 0.197 e. The lowest BCUT2D eigenvalue weighted by Gasteiger charge is -2.23. The van der Waals surface area contributed by atoms with Crippen LogP contribution in [-0.2, 0) is 0 Å². The molecule has 0 aromatic carbocycles. The van der Waals surface area contributed by atoms with Crippen molar-refractivity contribution in [1.29, 1.82) is 0 Å². The summed E-state index contributed by atoms with van der Waals surface area (Å²) in [6.45, 7) is 0. The van der Waals surface area contributed by atoms with E-state index in [9.17, 15) is 0 Å². The Morgan fingerprint density at radius 2 is 2.00 bits per heavy atom. The molecule has 0 unspecified atom stereocenters. The summed E-state index contributed by atoms with van der Waals surface area (Å²) in [5, 5.41) is 5.26. The number of rotatable bonds is 1. The molecule has 2 aromatic heterocycles. The SMILES string of the molecule is CS(C)(C)c1cnc2c(N)ncnn12. The maximum Gasteiger partial charge on any atom is 0.197 e. The van der Waals surface area contributed by atoms with Crippen molar-refractivity contribution < 1.29 is 0 Å². The second-order valence-electron chi connectivity index (χ2n) is 3.81. The van der Waals surface area contributed by atoms with Crippen LogP contribution in [-0.4, -0.2) is 38.3 Å². The number of aromatic nitrogens is 4. The highest BCUT2D eigenvalue weighted by Crippen LogP contribution is 2.44. The molecule has 0 atom stereocenters. The fraction of sp³-hybridized carbons (Fsp3) is 0.375. The topological polar surface area (TPSA) is 69.1 Å². The van der Waals surface area contributed by atoms with Gasteiger partial charge in [0, 0.05) is 0 Å². The van der Waals surface area contributed by atoms with Crippen molar-refractivity contribution in [3.05, 3.63) is 12.5 Å². The summed E-state index contributed by atoms with van der Waals surface area (Å²) in [6, 6.07) is 0. The van der Waals surface area contributed by atoms with Crippen LogP contribution in [0.5, 0.6) is 0 Å². The zero-order chi connectivity index (χ0) is 10.3. The molecule has 5 nitrogen and oxygen atoms in total. The molecule has 2 heterocycles. The molecule has 2 rings (SSSR count). The average Bonchev–Trinajstić information content (AvgIpc) is 2.47. The minimum absolute atomic E-state index is 0.426. The van der Waals surface area contributed by atoms with E-state index in [0.29, 0.717) is 11.5 Å². The van der Waals surface area contributed by atoms with Gasteiger partial charge in [-0.25, -0.2) is 24.5 Å². The van der Waals surface area contributed by atoms with Gasteiger partial charge in [0.1, 0.15) is 11.4 Å². The molecule has 0 aliphatic heterocycles. The van der Waals surface area contributed by atoms with Crippen molar-refractivity contribution in [2.24, 2.45) is 0 Å². The Morgan fingerprint density at radius 1 is 1.29 bits per heavy atom. The monoisotopic (exact) mass is 211 g/mol. The van der Waals surface area contributed by atoms with E-state index >= 15 is 0 Å². The first-order chi connectivity index (χ1) is 6.50. The molecule has 0 bridgehead atoms. The first-order valence-corrected chi connectivity index (χ1v) is 6.98.